The largest absolute Gasteiger partial charge is 0.465 e. The second-order valence-corrected chi connectivity index (χ2v) is 1.78. The molecule has 1 rings (SSSR count). The molecule has 1 unspecified atom stereocenters. The predicted molar refractivity (Wildman–Crippen MR) is 24.2 cm³/mol. The van der Waals surface area contributed by atoms with E-state index < -0.39 is 6.09 Å². The van der Waals surface area contributed by atoms with E-state index in [1.807, 2.05) is 6.92 Å². The zero-order valence-electron chi connectivity index (χ0n) is 4.09. The Morgan fingerprint density at radius 2 is 2.43 bits per heavy atom. The van der Waals surface area contributed by atoms with Crippen LogP contribution in [0, 0.1) is 0 Å². The number of hydrogen-bond donors (Lipinski definition) is 1. The van der Waals surface area contributed by atoms with Gasteiger partial charge >= 0.3 is 6.09 Å². The van der Waals surface area contributed by atoms with E-state index in [1.165, 1.54) is 4.90 Å². The van der Waals surface area contributed by atoms with Crippen LogP contribution in [0.5, 0.6) is 0 Å². The Bertz CT molecular complexity index is 102. The van der Waals surface area contributed by atoms with Crippen LogP contribution in [0.3, 0.4) is 0 Å². The molecule has 0 spiro atoms. The van der Waals surface area contributed by atoms with Crippen molar-refractivity contribution in [3.05, 3.63) is 0 Å². The van der Waals surface area contributed by atoms with Crippen molar-refractivity contribution in [3.63, 3.8) is 0 Å². The summed E-state index contributed by atoms with van der Waals surface area (Å²) in [6.07, 6.45) is -0.799. The third kappa shape index (κ3) is 0.656. The van der Waals surface area contributed by atoms with Crippen LogP contribution in [-0.2, 0) is 0 Å². The molecule has 1 fully saturated rings. The lowest BCUT2D eigenvalue weighted by atomic mass is 10.6. The minimum atomic E-state index is -0.799. The van der Waals surface area contributed by atoms with Gasteiger partial charge in [-0.2, -0.15) is 0 Å². The number of nitrogens with zero attached hydrogens (tertiary/aromatic N) is 1. The fourth-order valence-corrected chi connectivity index (χ4v) is 0.504. The summed E-state index contributed by atoms with van der Waals surface area (Å²) in [6.45, 7) is 2.60. The Labute approximate surface area is 41.5 Å². The zero-order valence-corrected chi connectivity index (χ0v) is 4.09. The molecular weight excluding hydrogens is 94.0 g/mol. The summed E-state index contributed by atoms with van der Waals surface area (Å²) >= 11 is 0. The SMILES string of the molecule is CC1CN1C(=O)O. The average Bonchev–Trinajstić information content (AvgIpc) is 2.17. The molecule has 0 radical (unpaired) electrons. The molecule has 1 atom stereocenters. The highest BCUT2D eigenvalue weighted by Gasteiger charge is 2.33. The number of carboxylic acid groups (broad SMARTS) is 1. The lowest BCUT2D eigenvalue weighted by Gasteiger charge is -1.87. The van der Waals surface area contributed by atoms with Crippen molar-refractivity contribution in [2.45, 2.75) is 13.0 Å². The summed E-state index contributed by atoms with van der Waals surface area (Å²) in [6, 6.07) is 0.275. The Balaban J connectivity index is 2.33. The van der Waals surface area contributed by atoms with Crippen molar-refractivity contribution >= 4 is 6.09 Å². The molecule has 0 saturated carbocycles. The molecule has 40 valence electrons. The first kappa shape index (κ1) is 4.43. The fourth-order valence-electron chi connectivity index (χ4n) is 0.504. The van der Waals surface area contributed by atoms with Gasteiger partial charge in [0, 0.05) is 6.54 Å². The Kier molecular flexibility index (Phi) is 0.708. The molecule has 1 amide bonds. The second-order valence-electron chi connectivity index (χ2n) is 1.78. The summed E-state index contributed by atoms with van der Waals surface area (Å²) in [5.41, 5.74) is 0. The molecule has 1 heterocycles. The van der Waals surface area contributed by atoms with E-state index >= 15 is 0 Å². The van der Waals surface area contributed by atoms with Crippen LogP contribution in [0.25, 0.3) is 0 Å². The summed E-state index contributed by atoms with van der Waals surface area (Å²) in [5, 5.41) is 8.15. The maximum Gasteiger partial charge on any atom is 0.407 e. The minimum absolute atomic E-state index is 0.275. The van der Waals surface area contributed by atoms with Gasteiger partial charge in [-0.25, -0.2) is 4.79 Å². The van der Waals surface area contributed by atoms with Gasteiger partial charge in [0.15, 0.2) is 0 Å². The van der Waals surface area contributed by atoms with Crippen LogP contribution in [0.15, 0.2) is 0 Å². The first-order valence-electron chi connectivity index (χ1n) is 2.21. The zero-order chi connectivity index (χ0) is 5.44. The van der Waals surface area contributed by atoms with Gasteiger partial charge in [-0.1, -0.05) is 0 Å². The van der Waals surface area contributed by atoms with E-state index in [0.29, 0.717) is 0 Å². The van der Waals surface area contributed by atoms with Crippen LogP contribution in [0.2, 0.25) is 0 Å². The molecule has 1 aliphatic rings. The molecular formula is C4H7NO2. The highest BCUT2D eigenvalue weighted by Crippen LogP contribution is 2.14. The van der Waals surface area contributed by atoms with Crippen molar-refractivity contribution in [1.29, 1.82) is 0 Å². The molecule has 3 nitrogen and oxygen atoms in total. The van der Waals surface area contributed by atoms with E-state index in [9.17, 15) is 4.79 Å². The summed E-state index contributed by atoms with van der Waals surface area (Å²) in [5.74, 6) is 0. The van der Waals surface area contributed by atoms with Crippen molar-refractivity contribution in [1.82, 2.24) is 4.90 Å². The Morgan fingerprint density at radius 1 is 2.00 bits per heavy atom. The molecule has 0 aromatic rings. The highest BCUT2D eigenvalue weighted by molar-refractivity contribution is 5.68. The number of carbonyl (C=O) groups is 1. The number of rotatable bonds is 0. The van der Waals surface area contributed by atoms with Crippen LogP contribution in [0.4, 0.5) is 4.79 Å². The van der Waals surface area contributed by atoms with Gasteiger partial charge in [0.05, 0.1) is 6.04 Å². The maximum atomic E-state index is 9.90. The molecule has 0 aliphatic carbocycles. The van der Waals surface area contributed by atoms with Crippen LogP contribution in [-0.4, -0.2) is 28.7 Å². The normalized spacial score (nSPS) is 27.6. The third-order valence-corrected chi connectivity index (χ3v) is 1.11. The van der Waals surface area contributed by atoms with Gasteiger partial charge in [-0.3, -0.25) is 0 Å². The van der Waals surface area contributed by atoms with E-state index in [-0.39, 0.29) is 6.04 Å². The first-order chi connectivity index (χ1) is 3.22. The number of amides is 1. The van der Waals surface area contributed by atoms with E-state index in [4.69, 9.17) is 5.11 Å². The highest BCUT2D eigenvalue weighted by atomic mass is 16.4. The predicted octanol–water partition coefficient (Wildman–Crippen LogP) is 0.368. The third-order valence-electron chi connectivity index (χ3n) is 1.11. The fraction of sp³-hybridized carbons (Fsp3) is 0.750. The topological polar surface area (TPSA) is 40.3 Å². The van der Waals surface area contributed by atoms with Crippen molar-refractivity contribution < 1.29 is 9.90 Å². The smallest absolute Gasteiger partial charge is 0.407 e. The van der Waals surface area contributed by atoms with Crippen molar-refractivity contribution in [2.24, 2.45) is 0 Å². The lowest BCUT2D eigenvalue weighted by molar-refractivity contribution is 0.177. The van der Waals surface area contributed by atoms with Crippen molar-refractivity contribution in [2.75, 3.05) is 6.54 Å². The molecule has 3 heteroatoms. The van der Waals surface area contributed by atoms with Gasteiger partial charge in [0.2, 0.25) is 0 Å². The molecule has 7 heavy (non-hydrogen) atoms. The molecule has 0 aromatic heterocycles. The van der Waals surface area contributed by atoms with Gasteiger partial charge < -0.3 is 10.0 Å². The van der Waals surface area contributed by atoms with Gasteiger partial charge in [0.25, 0.3) is 0 Å². The molecule has 0 aromatic carbocycles. The van der Waals surface area contributed by atoms with Gasteiger partial charge in [0.1, 0.15) is 0 Å². The van der Waals surface area contributed by atoms with Gasteiger partial charge in [-0.05, 0) is 6.92 Å². The van der Waals surface area contributed by atoms with E-state index in [2.05, 4.69) is 0 Å². The molecule has 1 saturated heterocycles. The quantitative estimate of drug-likeness (QED) is 0.448. The minimum Gasteiger partial charge on any atom is -0.465 e. The van der Waals surface area contributed by atoms with Crippen LogP contribution >= 0.6 is 0 Å². The lowest BCUT2D eigenvalue weighted by Crippen LogP contribution is -2.07. The van der Waals surface area contributed by atoms with Crippen LogP contribution < -0.4 is 0 Å². The van der Waals surface area contributed by atoms with Crippen LogP contribution in [0.1, 0.15) is 6.92 Å². The number of hydrogen-bond acceptors (Lipinski definition) is 1. The first-order valence-corrected chi connectivity index (χ1v) is 2.21. The van der Waals surface area contributed by atoms with E-state index in [1.54, 1.807) is 0 Å². The molecule has 1 N–H and O–H groups in total. The standard InChI is InChI=1S/C4H7NO2/c1-3-2-5(3)4(6)7/h3H,2H2,1H3,(H,6,7). The summed E-state index contributed by atoms with van der Waals surface area (Å²) in [7, 11) is 0. The molecule has 1 aliphatic heterocycles. The Morgan fingerprint density at radius 3 is 2.43 bits per heavy atom. The van der Waals surface area contributed by atoms with Gasteiger partial charge in [-0.15, -0.1) is 0 Å². The maximum absolute atomic E-state index is 9.90. The van der Waals surface area contributed by atoms with Crippen molar-refractivity contribution in [3.8, 4) is 0 Å². The summed E-state index contributed by atoms with van der Waals surface area (Å²) < 4.78 is 0. The summed E-state index contributed by atoms with van der Waals surface area (Å²) in [4.78, 5) is 11.3. The Hall–Kier alpha value is -0.730. The monoisotopic (exact) mass is 101 g/mol. The average molecular weight is 101 g/mol. The van der Waals surface area contributed by atoms with E-state index in [0.717, 1.165) is 6.54 Å². The second kappa shape index (κ2) is 1.12. The molecule has 0 bridgehead atoms.